The first-order valence-corrected chi connectivity index (χ1v) is 23.6. The molecule has 0 aliphatic carbocycles. The van der Waals surface area contributed by atoms with Gasteiger partial charge in [0.25, 0.3) is 0 Å². The topological polar surface area (TPSA) is 9.23 Å². The minimum atomic E-state index is -1.87. The molecule has 1 nitrogen and oxygen atoms in total. The Morgan fingerprint density at radius 1 is 0.680 bits per heavy atom. The van der Waals surface area contributed by atoms with Gasteiger partial charge >= 0.3 is 0 Å². The van der Waals surface area contributed by atoms with E-state index in [0.29, 0.717) is 0 Å². The van der Waals surface area contributed by atoms with Gasteiger partial charge in [-0.05, 0) is 45.6 Å². The standard InChI is InChI=1S/C18H32OS2Si4/c1-22(2,3)15-11-13-17(20-15)18-14(12-16(21-18)23(4,5)6)25(9,10)19-24(13,7)8/h11-12H,1-10H3. The van der Waals surface area contributed by atoms with Gasteiger partial charge in [0.2, 0.25) is 16.6 Å². The average molecular weight is 441 g/mol. The molecule has 0 atom stereocenters. The molecule has 3 rings (SSSR count). The Morgan fingerprint density at radius 2 is 1.00 bits per heavy atom. The van der Waals surface area contributed by atoms with E-state index in [1.807, 2.05) is 0 Å². The zero-order valence-corrected chi connectivity index (χ0v) is 23.0. The lowest BCUT2D eigenvalue weighted by Gasteiger charge is -2.32. The van der Waals surface area contributed by atoms with Gasteiger partial charge in [0, 0.05) is 9.75 Å². The van der Waals surface area contributed by atoms with Crippen molar-refractivity contribution < 1.29 is 4.12 Å². The number of hydrogen-bond donors (Lipinski definition) is 0. The Kier molecular flexibility index (Phi) is 4.68. The molecule has 0 aromatic carbocycles. The van der Waals surface area contributed by atoms with Crippen LogP contribution in [0, 0.1) is 0 Å². The SMILES string of the molecule is C[Si](C)(C)c1cc2c(s1)-c1sc([Si](C)(C)C)cc1[Si](C)(C)O[Si]2(C)C. The van der Waals surface area contributed by atoms with E-state index < -0.39 is 32.8 Å². The summed E-state index contributed by atoms with van der Waals surface area (Å²) in [5, 5.41) is 3.14. The van der Waals surface area contributed by atoms with Crippen LogP contribution in [-0.4, -0.2) is 32.8 Å². The molecule has 3 heterocycles. The average Bonchev–Trinajstić information content (AvgIpc) is 2.99. The maximum atomic E-state index is 7.01. The Bertz CT molecular complexity index is 751. The summed E-state index contributed by atoms with van der Waals surface area (Å²) in [5.41, 5.74) is 0. The van der Waals surface area contributed by atoms with Gasteiger partial charge in [0.05, 0.1) is 16.1 Å². The summed E-state index contributed by atoms with van der Waals surface area (Å²) in [4.78, 5) is 3.13. The van der Waals surface area contributed by atoms with Crippen LogP contribution in [0.1, 0.15) is 0 Å². The van der Waals surface area contributed by atoms with E-state index in [4.69, 9.17) is 4.12 Å². The van der Waals surface area contributed by atoms with E-state index in [9.17, 15) is 0 Å². The number of fused-ring (bicyclic) bond motifs is 3. The van der Waals surface area contributed by atoms with Crippen molar-refractivity contribution >= 4 is 74.8 Å². The van der Waals surface area contributed by atoms with Gasteiger partial charge in [-0.2, -0.15) is 0 Å². The smallest absolute Gasteiger partial charge is 0.207 e. The fourth-order valence-corrected chi connectivity index (χ4v) is 20.3. The van der Waals surface area contributed by atoms with Crippen molar-refractivity contribution in [2.45, 2.75) is 65.5 Å². The largest absolute Gasteiger partial charge is 0.449 e. The van der Waals surface area contributed by atoms with E-state index in [-0.39, 0.29) is 0 Å². The fraction of sp³-hybridized carbons (Fsp3) is 0.556. The quantitative estimate of drug-likeness (QED) is 0.628. The molecule has 0 fully saturated rings. The molecular weight excluding hydrogens is 409 g/mol. The van der Waals surface area contributed by atoms with Gasteiger partial charge in [-0.1, -0.05) is 51.4 Å². The minimum absolute atomic E-state index is 1.30. The monoisotopic (exact) mass is 440 g/mol. The molecule has 1 aliphatic rings. The van der Waals surface area contributed by atoms with Gasteiger partial charge < -0.3 is 4.12 Å². The van der Waals surface area contributed by atoms with E-state index in [2.05, 4.69) is 100 Å². The maximum Gasteiger partial charge on any atom is 0.207 e. The third kappa shape index (κ3) is 3.53. The van der Waals surface area contributed by atoms with E-state index in [1.54, 1.807) is 29.1 Å². The first-order chi connectivity index (χ1) is 11.1. The third-order valence-electron chi connectivity index (χ3n) is 4.96. The molecule has 25 heavy (non-hydrogen) atoms. The number of thiophene rings is 2. The lowest BCUT2D eigenvalue weighted by Crippen LogP contribution is -2.56. The van der Waals surface area contributed by atoms with Crippen molar-refractivity contribution in [3.63, 3.8) is 0 Å². The van der Waals surface area contributed by atoms with Crippen LogP contribution in [0.5, 0.6) is 0 Å². The lowest BCUT2D eigenvalue weighted by molar-refractivity contribution is 0.574. The predicted molar refractivity (Wildman–Crippen MR) is 129 cm³/mol. The molecule has 1 aliphatic heterocycles. The first kappa shape index (κ1) is 20.0. The Morgan fingerprint density at radius 3 is 1.28 bits per heavy atom. The normalized spacial score (nSPS) is 19.3. The highest BCUT2D eigenvalue weighted by atomic mass is 32.1. The number of hydrogen-bond acceptors (Lipinski definition) is 3. The molecule has 0 radical (unpaired) electrons. The molecule has 0 amide bonds. The molecule has 0 unspecified atom stereocenters. The van der Waals surface area contributed by atoms with Gasteiger partial charge in [0.15, 0.2) is 0 Å². The van der Waals surface area contributed by atoms with Crippen molar-refractivity contribution in [3.8, 4) is 9.75 Å². The highest BCUT2D eigenvalue weighted by molar-refractivity contribution is 7.36. The van der Waals surface area contributed by atoms with Crippen molar-refractivity contribution in [1.29, 1.82) is 0 Å². The molecule has 2 aromatic rings. The van der Waals surface area contributed by atoms with Crippen LogP contribution >= 0.6 is 22.7 Å². The Labute approximate surface area is 165 Å². The Hall–Kier alpha value is 0.228. The molecule has 0 saturated carbocycles. The van der Waals surface area contributed by atoms with Crippen LogP contribution in [0.3, 0.4) is 0 Å². The van der Waals surface area contributed by atoms with Crippen LogP contribution in [-0.2, 0) is 4.12 Å². The van der Waals surface area contributed by atoms with Crippen LogP contribution in [0.4, 0.5) is 0 Å². The highest BCUT2D eigenvalue weighted by Crippen LogP contribution is 2.35. The van der Waals surface area contributed by atoms with Crippen LogP contribution in [0.2, 0.25) is 65.5 Å². The van der Waals surface area contributed by atoms with Gasteiger partial charge in [0.1, 0.15) is 0 Å². The van der Waals surface area contributed by atoms with Gasteiger partial charge in [-0.3, -0.25) is 0 Å². The van der Waals surface area contributed by atoms with Crippen molar-refractivity contribution in [2.75, 3.05) is 0 Å². The molecule has 0 bridgehead atoms. The second kappa shape index (κ2) is 5.86. The van der Waals surface area contributed by atoms with E-state index in [0.717, 1.165) is 0 Å². The molecule has 2 aromatic heterocycles. The van der Waals surface area contributed by atoms with Crippen LogP contribution < -0.4 is 19.4 Å². The fourth-order valence-electron chi connectivity index (χ4n) is 3.50. The molecule has 7 heteroatoms. The second-order valence-electron chi connectivity index (χ2n) is 10.3. The molecule has 0 spiro atoms. The highest BCUT2D eigenvalue weighted by Gasteiger charge is 2.45. The van der Waals surface area contributed by atoms with Crippen LogP contribution in [0.25, 0.3) is 9.75 Å². The summed E-state index contributed by atoms with van der Waals surface area (Å²) < 4.78 is 10.3. The molecule has 138 valence electrons. The summed E-state index contributed by atoms with van der Waals surface area (Å²) >= 11 is 4.18. The van der Waals surface area contributed by atoms with Gasteiger partial charge in [-0.25, -0.2) is 0 Å². The van der Waals surface area contributed by atoms with Crippen LogP contribution in [0.15, 0.2) is 12.1 Å². The van der Waals surface area contributed by atoms with E-state index >= 15 is 0 Å². The van der Waals surface area contributed by atoms with Gasteiger partial charge in [-0.15, -0.1) is 22.7 Å². The van der Waals surface area contributed by atoms with Crippen molar-refractivity contribution in [3.05, 3.63) is 12.1 Å². The van der Waals surface area contributed by atoms with Crippen molar-refractivity contribution in [1.82, 2.24) is 0 Å². The second-order valence-corrected chi connectivity index (χ2v) is 31.2. The molecular formula is C18H32OS2Si4. The minimum Gasteiger partial charge on any atom is -0.449 e. The Balaban J connectivity index is 2.33. The zero-order chi connectivity index (χ0) is 19.0. The summed E-state index contributed by atoms with van der Waals surface area (Å²) in [6.07, 6.45) is 0. The summed E-state index contributed by atoms with van der Waals surface area (Å²) in [6, 6.07) is 5.10. The van der Waals surface area contributed by atoms with Crippen molar-refractivity contribution in [2.24, 2.45) is 0 Å². The van der Waals surface area contributed by atoms with E-state index in [1.165, 1.54) is 0 Å². The molecule has 0 N–H and O–H groups in total. The summed E-state index contributed by atoms with van der Waals surface area (Å²) in [6.45, 7) is 24.5. The predicted octanol–water partition coefficient (Wildman–Crippen LogP) is 4.42. The third-order valence-corrected chi connectivity index (χ3v) is 22.4. The molecule has 0 saturated heterocycles. The summed E-state index contributed by atoms with van der Waals surface area (Å²) in [5.74, 6) is 0. The first-order valence-electron chi connectivity index (χ1n) is 9.13. The number of rotatable bonds is 2. The maximum absolute atomic E-state index is 7.01. The zero-order valence-electron chi connectivity index (χ0n) is 17.4. The lowest BCUT2D eigenvalue weighted by atomic mass is 10.4. The summed E-state index contributed by atoms with van der Waals surface area (Å²) in [7, 11) is -6.34.